The minimum Gasteiger partial charge on any atom is -0.377 e. The van der Waals surface area contributed by atoms with Gasteiger partial charge in [0.1, 0.15) is 0 Å². The molecule has 3 unspecified atom stereocenters. The monoisotopic (exact) mass is 244 g/mol. The molecule has 0 radical (unpaired) electrons. The highest BCUT2D eigenvalue weighted by atomic mass is 28.4. The second-order valence-corrected chi connectivity index (χ2v) is 8.84. The zero-order chi connectivity index (χ0) is 12.0. The van der Waals surface area contributed by atoms with E-state index in [0.29, 0.717) is 11.0 Å². The van der Waals surface area contributed by atoms with Crippen LogP contribution in [0, 0.1) is 17.3 Å². The molecule has 4 heteroatoms. The Morgan fingerprint density at radius 1 is 1.00 bits per heavy atom. The highest BCUT2D eigenvalue weighted by molar-refractivity contribution is 6.62. The van der Waals surface area contributed by atoms with Crippen LogP contribution in [0.5, 0.6) is 0 Å². The summed E-state index contributed by atoms with van der Waals surface area (Å²) in [6.07, 6.45) is 4.03. The van der Waals surface area contributed by atoms with Crippen LogP contribution in [0.25, 0.3) is 0 Å². The molecule has 0 spiro atoms. The summed E-state index contributed by atoms with van der Waals surface area (Å²) in [4.78, 5) is 0. The Labute approximate surface area is 99.8 Å². The van der Waals surface area contributed by atoms with Crippen LogP contribution >= 0.6 is 0 Å². The molecule has 3 atom stereocenters. The largest absolute Gasteiger partial charge is 0.504 e. The van der Waals surface area contributed by atoms with E-state index in [-0.39, 0.29) is 0 Å². The number of fused-ring (bicyclic) bond motifs is 2. The summed E-state index contributed by atoms with van der Waals surface area (Å²) in [6, 6.07) is 0. The molecule has 16 heavy (non-hydrogen) atoms. The van der Waals surface area contributed by atoms with E-state index in [1.54, 1.807) is 21.3 Å². The summed E-state index contributed by atoms with van der Waals surface area (Å²) in [5.41, 5.74) is 0.774. The van der Waals surface area contributed by atoms with Gasteiger partial charge in [0.2, 0.25) is 0 Å². The Kier molecular flexibility index (Phi) is 3.21. The van der Waals surface area contributed by atoms with E-state index in [9.17, 15) is 0 Å². The Balaban J connectivity index is 2.32. The number of hydrogen-bond acceptors (Lipinski definition) is 3. The van der Waals surface area contributed by atoms with Gasteiger partial charge >= 0.3 is 8.80 Å². The lowest BCUT2D eigenvalue weighted by molar-refractivity contribution is 0.0692. The smallest absolute Gasteiger partial charge is 0.377 e. The summed E-state index contributed by atoms with van der Waals surface area (Å²) < 4.78 is 17.1. The molecule has 0 aromatic heterocycles. The summed E-state index contributed by atoms with van der Waals surface area (Å²) in [5.74, 6) is 1.57. The molecule has 0 aliphatic heterocycles. The average molecular weight is 244 g/mol. The maximum Gasteiger partial charge on any atom is 0.504 e. The van der Waals surface area contributed by atoms with Crippen molar-refractivity contribution in [3.05, 3.63) is 0 Å². The van der Waals surface area contributed by atoms with Gasteiger partial charge in [0.05, 0.1) is 0 Å². The molecular formula is C12H24O3Si. The second-order valence-electron chi connectivity index (χ2n) is 5.79. The topological polar surface area (TPSA) is 27.7 Å². The van der Waals surface area contributed by atoms with Gasteiger partial charge in [-0.25, -0.2) is 0 Å². The lowest BCUT2D eigenvalue weighted by atomic mass is 9.76. The summed E-state index contributed by atoms with van der Waals surface area (Å²) in [7, 11) is 2.74. The molecule has 2 aliphatic rings. The predicted molar refractivity (Wildman–Crippen MR) is 65.1 cm³/mol. The maximum atomic E-state index is 5.70. The lowest BCUT2D eigenvalue weighted by Gasteiger charge is -2.44. The average Bonchev–Trinajstić information content (AvgIpc) is 2.82. The molecule has 2 aliphatic carbocycles. The highest BCUT2D eigenvalue weighted by Crippen LogP contribution is 2.65. The van der Waals surface area contributed by atoms with Crippen molar-refractivity contribution in [2.75, 3.05) is 21.3 Å². The van der Waals surface area contributed by atoms with E-state index < -0.39 is 8.80 Å². The van der Waals surface area contributed by atoms with Crippen LogP contribution in [0.1, 0.15) is 33.1 Å². The van der Waals surface area contributed by atoms with Crippen LogP contribution in [0.3, 0.4) is 0 Å². The van der Waals surface area contributed by atoms with E-state index in [1.807, 2.05) is 0 Å². The quantitative estimate of drug-likeness (QED) is 0.712. The summed E-state index contributed by atoms with van der Waals surface area (Å²) in [6.45, 7) is 4.72. The molecule has 0 heterocycles. The van der Waals surface area contributed by atoms with Gasteiger partial charge < -0.3 is 13.3 Å². The fourth-order valence-corrected chi connectivity index (χ4v) is 7.52. The van der Waals surface area contributed by atoms with Gasteiger partial charge in [-0.3, -0.25) is 0 Å². The van der Waals surface area contributed by atoms with Gasteiger partial charge in [-0.15, -0.1) is 0 Å². The fourth-order valence-electron chi connectivity index (χ4n) is 4.23. The molecule has 0 N–H and O–H groups in total. The van der Waals surface area contributed by atoms with Crippen LogP contribution in [0.15, 0.2) is 0 Å². The first-order valence-corrected chi connectivity index (χ1v) is 7.97. The molecule has 2 saturated carbocycles. The molecule has 0 amide bonds. The van der Waals surface area contributed by atoms with E-state index in [1.165, 1.54) is 19.3 Å². The second kappa shape index (κ2) is 4.09. The van der Waals surface area contributed by atoms with Crippen LogP contribution in [-0.2, 0) is 13.3 Å². The number of hydrogen-bond donors (Lipinski definition) is 0. The van der Waals surface area contributed by atoms with Gasteiger partial charge in [0, 0.05) is 26.9 Å². The minimum absolute atomic E-state index is 0.303. The third-order valence-corrected chi connectivity index (χ3v) is 8.72. The molecule has 0 aromatic carbocycles. The van der Waals surface area contributed by atoms with Crippen LogP contribution in [0.4, 0.5) is 0 Å². The van der Waals surface area contributed by atoms with Crippen molar-refractivity contribution in [1.82, 2.24) is 0 Å². The normalized spacial score (nSPS) is 36.9. The molecule has 3 nitrogen and oxygen atoms in total. The molecule has 2 rings (SSSR count). The predicted octanol–water partition coefficient (Wildman–Crippen LogP) is 2.69. The Hall–Kier alpha value is 0.0969. The van der Waals surface area contributed by atoms with Crippen molar-refractivity contribution in [3.8, 4) is 0 Å². The first-order chi connectivity index (χ1) is 7.51. The lowest BCUT2D eigenvalue weighted by Crippen LogP contribution is -2.54. The van der Waals surface area contributed by atoms with E-state index in [2.05, 4.69) is 13.8 Å². The van der Waals surface area contributed by atoms with E-state index in [4.69, 9.17) is 13.3 Å². The molecule has 0 aromatic rings. The van der Waals surface area contributed by atoms with E-state index >= 15 is 0 Å². The highest BCUT2D eigenvalue weighted by Gasteiger charge is 2.65. The molecule has 94 valence electrons. The van der Waals surface area contributed by atoms with Crippen molar-refractivity contribution in [1.29, 1.82) is 0 Å². The van der Waals surface area contributed by atoms with Gasteiger partial charge in [0.15, 0.2) is 0 Å². The summed E-state index contributed by atoms with van der Waals surface area (Å²) >= 11 is 0. The molecular weight excluding hydrogens is 220 g/mol. The Bertz CT molecular complexity index is 255. The van der Waals surface area contributed by atoms with Crippen molar-refractivity contribution < 1.29 is 13.3 Å². The SMILES string of the molecule is CO[Si](OC)(OC)C1C2CCC(C2)C1(C)C. The first-order valence-electron chi connectivity index (χ1n) is 6.17. The van der Waals surface area contributed by atoms with Crippen molar-refractivity contribution in [2.24, 2.45) is 17.3 Å². The first kappa shape index (κ1) is 12.6. The Morgan fingerprint density at radius 3 is 1.94 bits per heavy atom. The zero-order valence-corrected chi connectivity index (χ0v) is 12.1. The van der Waals surface area contributed by atoms with Crippen molar-refractivity contribution in [2.45, 2.75) is 38.7 Å². The van der Waals surface area contributed by atoms with Crippen molar-refractivity contribution in [3.63, 3.8) is 0 Å². The fraction of sp³-hybridized carbons (Fsp3) is 1.00. The van der Waals surface area contributed by atoms with Gasteiger partial charge in [0.25, 0.3) is 0 Å². The van der Waals surface area contributed by atoms with Gasteiger partial charge in [-0.1, -0.05) is 13.8 Å². The van der Waals surface area contributed by atoms with Crippen LogP contribution in [0.2, 0.25) is 5.54 Å². The van der Waals surface area contributed by atoms with Gasteiger partial charge in [-0.2, -0.15) is 0 Å². The summed E-state index contributed by atoms with van der Waals surface area (Å²) in [5, 5.41) is 0. The molecule has 2 bridgehead atoms. The maximum absolute atomic E-state index is 5.70. The molecule has 0 saturated heterocycles. The third kappa shape index (κ3) is 1.50. The van der Waals surface area contributed by atoms with E-state index in [0.717, 1.165) is 11.8 Å². The van der Waals surface area contributed by atoms with Crippen LogP contribution < -0.4 is 0 Å². The Morgan fingerprint density at radius 2 is 1.56 bits per heavy atom. The van der Waals surface area contributed by atoms with Gasteiger partial charge in [-0.05, 0) is 36.5 Å². The zero-order valence-electron chi connectivity index (χ0n) is 11.1. The van der Waals surface area contributed by atoms with Crippen LogP contribution in [-0.4, -0.2) is 30.1 Å². The third-order valence-electron chi connectivity index (χ3n) is 5.03. The standard InChI is InChI=1S/C12H24O3Si/c1-12(2)10-7-6-9(8-10)11(12)16(13-3,14-4)15-5/h9-11H,6-8H2,1-5H3. The number of rotatable bonds is 4. The van der Waals surface area contributed by atoms with Crippen molar-refractivity contribution >= 4 is 8.80 Å². The molecule has 2 fully saturated rings. The minimum atomic E-state index is -2.47.